The monoisotopic (exact) mass is 385 g/mol. The van der Waals surface area contributed by atoms with Gasteiger partial charge in [0.2, 0.25) is 17.6 Å². The van der Waals surface area contributed by atoms with Gasteiger partial charge in [0.05, 0.1) is 19.2 Å². The lowest BCUT2D eigenvalue weighted by Gasteiger charge is -2.22. The van der Waals surface area contributed by atoms with Crippen LogP contribution in [0, 0.1) is 11.6 Å². The number of hydrogen-bond donors (Lipinski definition) is 0. The first-order valence-corrected chi connectivity index (χ1v) is 8.78. The number of carbonyl (C=O) groups excluding carboxylic acids is 1. The molecule has 0 spiro atoms. The molecular weight excluding hydrogens is 368 g/mol. The predicted molar refractivity (Wildman–Crippen MR) is 95.2 cm³/mol. The number of halogens is 2. The van der Waals surface area contributed by atoms with Crippen LogP contribution >= 0.6 is 0 Å². The molecule has 2 aromatic carbocycles. The van der Waals surface area contributed by atoms with Gasteiger partial charge in [0, 0.05) is 12.0 Å². The lowest BCUT2D eigenvalue weighted by atomic mass is 10.1. The molecule has 28 heavy (non-hydrogen) atoms. The molecule has 0 radical (unpaired) electrons. The first-order chi connectivity index (χ1) is 13.6. The van der Waals surface area contributed by atoms with Gasteiger partial charge in [-0.2, -0.15) is 4.98 Å². The molecule has 1 aliphatic rings. The average Bonchev–Trinajstić information content (AvgIpc) is 3.32. The van der Waals surface area contributed by atoms with Crippen LogP contribution in [-0.2, 0) is 11.3 Å². The van der Waals surface area contributed by atoms with Crippen molar-refractivity contribution in [2.45, 2.75) is 25.4 Å². The number of carbonyl (C=O) groups is 1. The Morgan fingerprint density at radius 3 is 2.68 bits per heavy atom. The minimum absolute atomic E-state index is 0.160. The molecule has 1 fully saturated rings. The smallest absolute Gasteiger partial charge is 0.249 e. The Morgan fingerprint density at radius 2 is 1.93 bits per heavy atom. The third-order valence-electron chi connectivity index (χ3n) is 4.79. The second-order valence-corrected chi connectivity index (χ2v) is 6.43. The Kier molecular flexibility index (Phi) is 4.77. The first-order valence-electron chi connectivity index (χ1n) is 8.78. The second-order valence-electron chi connectivity index (χ2n) is 6.43. The lowest BCUT2D eigenvalue weighted by molar-refractivity contribution is -0.130. The molecular formula is C20H17F2N3O3. The molecule has 0 aliphatic carbocycles. The molecule has 0 N–H and O–H groups in total. The standard InChI is InChI=1S/C20H17F2N3O3/c1-27-17-8-3-2-5-12(17)19-23-20(28-24-19)16-9-10-18(26)25(16)11-13-14(21)6-4-7-15(13)22/h2-8,16H,9-11H2,1H3. The fourth-order valence-corrected chi connectivity index (χ4v) is 3.35. The van der Waals surface area contributed by atoms with Crippen molar-refractivity contribution in [2.75, 3.05) is 7.11 Å². The third kappa shape index (κ3) is 3.21. The van der Waals surface area contributed by atoms with Gasteiger partial charge in [-0.1, -0.05) is 23.4 Å². The molecule has 8 heteroatoms. The Morgan fingerprint density at radius 1 is 1.18 bits per heavy atom. The Hall–Kier alpha value is -3.29. The Labute approximate surface area is 159 Å². The van der Waals surface area contributed by atoms with Crippen LogP contribution in [0.2, 0.25) is 0 Å². The van der Waals surface area contributed by atoms with Crippen molar-refractivity contribution in [3.05, 3.63) is 65.6 Å². The number of nitrogens with zero attached hydrogens (tertiary/aromatic N) is 3. The third-order valence-corrected chi connectivity index (χ3v) is 4.79. The number of methoxy groups -OCH3 is 1. The highest BCUT2D eigenvalue weighted by Gasteiger charge is 2.37. The molecule has 144 valence electrons. The average molecular weight is 385 g/mol. The molecule has 0 bridgehead atoms. The Bertz CT molecular complexity index is 1000. The van der Waals surface area contributed by atoms with Gasteiger partial charge >= 0.3 is 0 Å². The van der Waals surface area contributed by atoms with E-state index in [2.05, 4.69) is 10.1 Å². The first kappa shape index (κ1) is 18.1. The summed E-state index contributed by atoms with van der Waals surface area (Å²) in [6.45, 7) is -0.200. The van der Waals surface area contributed by atoms with Gasteiger partial charge in [-0.3, -0.25) is 4.79 Å². The lowest BCUT2D eigenvalue weighted by Crippen LogP contribution is -2.28. The van der Waals surface area contributed by atoms with Gasteiger partial charge in [0.25, 0.3) is 0 Å². The summed E-state index contributed by atoms with van der Waals surface area (Å²) in [6.07, 6.45) is 0.676. The molecule has 2 heterocycles. The summed E-state index contributed by atoms with van der Waals surface area (Å²) < 4.78 is 38.7. The molecule has 1 unspecified atom stereocenters. The van der Waals surface area contributed by atoms with Gasteiger partial charge < -0.3 is 14.2 Å². The highest BCUT2D eigenvalue weighted by Crippen LogP contribution is 2.36. The Balaban J connectivity index is 1.63. The van der Waals surface area contributed by atoms with E-state index in [1.165, 1.54) is 23.1 Å². The van der Waals surface area contributed by atoms with E-state index in [0.717, 1.165) is 0 Å². The highest BCUT2D eigenvalue weighted by molar-refractivity contribution is 5.79. The fourth-order valence-electron chi connectivity index (χ4n) is 3.35. The van der Waals surface area contributed by atoms with E-state index in [0.29, 0.717) is 23.6 Å². The van der Waals surface area contributed by atoms with Gasteiger partial charge in [-0.15, -0.1) is 0 Å². The summed E-state index contributed by atoms with van der Waals surface area (Å²) in [5, 5.41) is 3.99. The summed E-state index contributed by atoms with van der Waals surface area (Å²) in [7, 11) is 1.54. The number of aromatic nitrogens is 2. The molecule has 3 aromatic rings. The van der Waals surface area contributed by atoms with Gasteiger partial charge in [-0.05, 0) is 30.7 Å². The summed E-state index contributed by atoms with van der Waals surface area (Å²) in [6, 6.07) is 10.3. The topological polar surface area (TPSA) is 68.5 Å². The van der Waals surface area contributed by atoms with Crippen molar-refractivity contribution in [3.63, 3.8) is 0 Å². The van der Waals surface area contributed by atoms with Crippen LogP contribution in [0.1, 0.15) is 30.3 Å². The van der Waals surface area contributed by atoms with Crippen LogP contribution in [-0.4, -0.2) is 28.1 Å². The minimum atomic E-state index is -0.696. The molecule has 6 nitrogen and oxygen atoms in total. The maximum Gasteiger partial charge on any atom is 0.249 e. The highest BCUT2D eigenvalue weighted by atomic mass is 19.1. The van der Waals surface area contributed by atoms with Crippen LogP contribution < -0.4 is 4.74 Å². The zero-order valence-corrected chi connectivity index (χ0v) is 15.1. The number of hydrogen-bond acceptors (Lipinski definition) is 5. The van der Waals surface area contributed by atoms with Crippen LogP contribution in [0.25, 0.3) is 11.4 Å². The van der Waals surface area contributed by atoms with Crippen molar-refractivity contribution in [1.29, 1.82) is 0 Å². The van der Waals surface area contributed by atoms with E-state index in [-0.39, 0.29) is 30.3 Å². The van der Waals surface area contributed by atoms with E-state index in [1.54, 1.807) is 19.2 Å². The van der Waals surface area contributed by atoms with Crippen LogP contribution in [0.15, 0.2) is 47.0 Å². The fraction of sp³-hybridized carbons (Fsp3) is 0.250. The van der Waals surface area contributed by atoms with Crippen LogP contribution in [0.3, 0.4) is 0 Å². The largest absolute Gasteiger partial charge is 0.496 e. The molecule has 1 aliphatic heterocycles. The molecule has 1 atom stereocenters. The van der Waals surface area contributed by atoms with Crippen molar-refractivity contribution < 1.29 is 22.8 Å². The van der Waals surface area contributed by atoms with Crippen molar-refractivity contribution in [1.82, 2.24) is 15.0 Å². The maximum absolute atomic E-state index is 14.0. The maximum atomic E-state index is 14.0. The van der Waals surface area contributed by atoms with E-state index in [9.17, 15) is 13.6 Å². The zero-order valence-electron chi connectivity index (χ0n) is 15.1. The number of likely N-dealkylation sites (tertiary alicyclic amines) is 1. The number of ether oxygens (including phenoxy) is 1. The van der Waals surface area contributed by atoms with Gasteiger partial charge in [0.1, 0.15) is 23.4 Å². The quantitative estimate of drug-likeness (QED) is 0.667. The summed E-state index contributed by atoms with van der Waals surface area (Å²) in [5.74, 6) is -0.475. The molecule has 0 saturated carbocycles. The summed E-state index contributed by atoms with van der Waals surface area (Å²) >= 11 is 0. The van der Waals surface area contributed by atoms with Crippen LogP contribution in [0.4, 0.5) is 8.78 Å². The number of rotatable bonds is 5. The molecule has 4 rings (SSSR count). The normalized spacial score (nSPS) is 16.6. The molecule has 1 aromatic heterocycles. The zero-order chi connectivity index (χ0) is 19.7. The number of para-hydroxylation sites is 1. The summed E-state index contributed by atoms with van der Waals surface area (Å²) in [5.41, 5.74) is 0.489. The minimum Gasteiger partial charge on any atom is -0.496 e. The van der Waals surface area contributed by atoms with Crippen molar-refractivity contribution in [3.8, 4) is 17.1 Å². The SMILES string of the molecule is COc1ccccc1-c1noc(C2CCC(=O)N2Cc2c(F)cccc2F)n1. The molecule has 1 amide bonds. The van der Waals surface area contributed by atoms with E-state index in [1.807, 2.05) is 12.1 Å². The number of amides is 1. The van der Waals surface area contributed by atoms with E-state index < -0.39 is 17.7 Å². The van der Waals surface area contributed by atoms with E-state index >= 15 is 0 Å². The predicted octanol–water partition coefficient (Wildman–Crippen LogP) is 3.89. The summed E-state index contributed by atoms with van der Waals surface area (Å²) in [4.78, 5) is 18.1. The van der Waals surface area contributed by atoms with Gasteiger partial charge in [-0.25, -0.2) is 8.78 Å². The molecule has 1 saturated heterocycles. The van der Waals surface area contributed by atoms with Crippen LogP contribution in [0.5, 0.6) is 5.75 Å². The van der Waals surface area contributed by atoms with E-state index in [4.69, 9.17) is 9.26 Å². The second kappa shape index (κ2) is 7.38. The number of benzene rings is 2. The van der Waals surface area contributed by atoms with Crippen molar-refractivity contribution >= 4 is 5.91 Å². The van der Waals surface area contributed by atoms with Gasteiger partial charge in [0.15, 0.2) is 0 Å². The van der Waals surface area contributed by atoms with Crippen molar-refractivity contribution in [2.24, 2.45) is 0 Å².